The summed E-state index contributed by atoms with van der Waals surface area (Å²) in [5.41, 5.74) is 5.61. The fraction of sp³-hybridized carbons (Fsp3) is 0.308. The maximum Gasteiger partial charge on any atom is 0.00210 e. The molecule has 2 aromatic rings. The van der Waals surface area contributed by atoms with Crippen molar-refractivity contribution in [3.05, 3.63) is 95.1 Å². The number of hydrogen-bond acceptors (Lipinski definition) is 0. The predicted octanol–water partition coefficient (Wildman–Crippen LogP) is 7.70. The predicted molar refractivity (Wildman–Crippen MR) is 115 cm³/mol. The maximum absolute atomic E-state index is 2.43. The molecule has 0 N–H and O–H groups in total. The Kier molecular flexibility index (Phi) is 7.07. The van der Waals surface area contributed by atoms with Crippen molar-refractivity contribution < 1.29 is 0 Å². The lowest BCUT2D eigenvalue weighted by Crippen LogP contribution is -2.07. The summed E-state index contributed by atoms with van der Waals surface area (Å²) in [6.07, 6.45) is 17.0. The molecule has 1 aliphatic carbocycles. The Bertz CT molecular complexity index is 747. The molecule has 0 aliphatic heterocycles. The van der Waals surface area contributed by atoms with Crippen LogP contribution in [0, 0.1) is 5.92 Å². The molecule has 0 saturated heterocycles. The molecule has 0 heterocycles. The third-order valence-corrected chi connectivity index (χ3v) is 5.09. The first-order valence-electron chi connectivity index (χ1n) is 10.1. The van der Waals surface area contributed by atoms with Crippen LogP contribution in [0.1, 0.15) is 56.6 Å². The zero-order chi connectivity index (χ0) is 18.0. The highest BCUT2D eigenvalue weighted by molar-refractivity contribution is 5.67. The lowest BCUT2D eigenvalue weighted by Gasteiger charge is -2.23. The third kappa shape index (κ3) is 5.33. The van der Waals surface area contributed by atoms with Crippen LogP contribution in [0.25, 0.3) is 12.2 Å². The summed E-state index contributed by atoms with van der Waals surface area (Å²) >= 11 is 0. The average Bonchev–Trinajstić information content (AvgIpc) is 2.72. The molecule has 134 valence electrons. The lowest BCUT2D eigenvalue weighted by atomic mass is 9.82. The van der Waals surface area contributed by atoms with Gasteiger partial charge in [-0.25, -0.2) is 0 Å². The Morgan fingerprint density at radius 1 is 0.923 bits per heavy atom. The van der Waals surface area contributed by atoms with Crippen molar-refractivity contribution in [2.24, 2.45) is 5.92 Å². The van der Waals surface area contributed by atoms with Gasteiger partial charge < -0.3 is 0 Å². The van der Waals surface area contributed by atoms with Crippen LogP contribution < -0.4 is 0 Å². The number of hydrogen-bond donors (Lipinski definition) is 0. The summed E-state index contributed by atoms with van der Waals surface area (Å²) < 4.78 is 0. The second-order valence-corrected chi connectivity index (χ2v) is 7.16. The van der Waals surface area contributed by atoms with E-state index in [-0.39, 0.29) is 0 Å². The normalized spacial score (nSPS) is 18.1. The van der Waals surface area contributed by atoms with E-state index in [2.05, 4.69) is 91.9 Å². The van der Waals surface area contributed by atoms with Crippen molar-refractivity contribution in [2.75, 3.05) is 0 Å². The molecule has 3 rings (SSSR count). The molecule has 1 atom stereocenters. The van der Waals surface area contributed by atoms with Gasteiger partial charge >= 0.3 is 0 Å². The summed E-state index contributed by atoms with van der Waals surface area (Å²) in [7, 11) is 0. The zero-order valence-corrected chi connectivity index (χ0v) is 15.9. The molecule has 0 saturated carbocycles. The van der Waals surface area contributed by atoms with Crippen LogP contribution in [0.3, 0.4) is 0 Å². The standard InChI is InChI=1S/C26H30/c1-2-3-17-25(20-22-13-7-4-8-14-22)26(24-18-11-6-12-19-24)21-23-15-9-5-10-16-23/h4-5,7-11,13-16,18,20-21,24H,2-3,6,12,17,19H2,1H3/b25-20-,26-21+. The molecule has 0 heteroatoms. The van der Waals surface area contributed by atoms with E-state index in [0.29, 0.717) is 5.92 Å². The summed E-state index contributed by atoms with van der Waals surface area (Å²) in [4.78, 5) is 0. The second kappa shape index (κ2) is 9.97. The van der Waals surface area contributed by atoms with Crippen molar-refractivity contribution in [1.82, 2.24) is 0 Å². The van der Waals surface area contributed by atoms with Gasteiger partial charge in [0.25, 0.3) is 0 Å². The first kappa shape index (κ1) is 18.5. The van der Waals surface area contributed by atoms with Gasteiger partial charge in [-0.15, -0.1) is 0 Å². The van der Waals surface area contributed by atoms with Crippen molar-refractivity contribution in [2.45, 2.75) is 45.4 Å². The van der Waals surface area contributed by atoms with Gasteiger partial charge in [0.05, 0.1) is 0 Å². The highest BCUT2D eigenvalue weighted by Crippen LogP contribution is 2.34. The first-order valence-corrected chi connectivity index (χ1v) is 10.1. The Labute approximate surface area is 159 Å². The Balaban J connectivity index is 2.03. The van der Waals surface area contributed by atoms with Crippen molar-refractivity contribution >= 4 is 12.2 Å². The lowest BCUT2D eigenvalue weighted by molar-refractivity contribution is 0.606. The first-order chi connectivity index (χ1) is 12.9. The maximum atomic E-state index is 2.43. The van der Waals surface area contributed by atoms with Crippen LogP contribution in [0.15, 0.2) is 84.0 Å². The quantitative estimate of drug-likeness (QED) is 0.357. The molecule has 0 radical (unpaired) electrons. The van der Waals surface area contributed by atoms with Gasteiger partial charge in [0.1, 0.15) is 0 Å². The molecule has 26 heavy (non-hydrogen) atoms. The molecule has 0 fully saturated rings. The van der Waals surface area contributed by atoms with E-state index in [1.807, 2.05) is 0 Å². The van der Waals surface area contributed by atoms with E-state index in [9.17, 15) is 0 Å². The molecule has 1 aliphatic rings. The van der Waals surface area contributed by atoms with E-state index in [0.717, 1.165) is 6.42 Å². The van der Waals surface area contributed by atoms with Crippen LogP contribution in [0.4, 0.5) is 0 Å². The van der Waals surface area contributed by atoms with Crippen molar-refractivity contribution in [1.29, 1.82) is 0 Å². The summed E-state index contributed by atoms with van der Waals surface area (Å²) in [5, 5.41) is 0. The molecule has 0 spiro atoms. The Morgan fingerprint density at radius 3 is 2.15 bits per heavy atom. The molecule has 0 amide bonds. The monoisotopic (exact) mass is 342 g/mol. The molecule has 2 aromatic carbocycles. The zero-order valence-electron chi connectivity index (χ0n) is 15.9. The van der Waals surface area contributed by atoms with Gasteiger partial charge in [-0.3, -0.25) is 0 Å². The number of benzene rings is 2. The largest absolute Gasteiger partial charge is 0.0879 e. The van der Waals surface area contributed by atoms with Gasteiger partial charge in [0, 0.05) is 5.92 Å². The van der Waals surface area contributed by atoms with E-state index < -0.39 is 0 Å². The van der Waals surface area contributed by atoms with Crippen LogP contribution in [0.2, 0.25) is 0 Å². The number of allylic oxidation sites excluding steroid dienone is 4. The summed E-state index contributed by atoms with van der Waals surface area (Å²) in [6.45, 7) is 2.28. The number of unbranched alkanes of at least 4 members (excludes halogenated alkanes) is 1. The van der Waals surface area contributed by atoms with Crippen LogP contribution in [-0.2, 0) is 0 Å². The molecular weight excluding hydrogens is 312 g/mol. The van der Waals surface area contributed by atoms with Gasteiger partial charge in [0.15, 0.2) is 0 Å². The molecule has 0 aromatic heterocycles. The van der Waals surface area contributed by atoms with Gasteiger partial charge in [-0.05, 0) is 54.4 Å². The van der Waals surface area contributed by atoms with E-state index in [4.69, 9.17) is 0 Å². The SMILES string of the molecule is CCCCC(=C/c1ccccc1)/C(=C/c1ccccc1)C1C=CCCC1. The Hall–Kier alpha value is -2.34. The summed E-state index contributed by atoms with van der Waals surface area (Å²) in [6, 6.07) is 21.6. The highest BCUT2D eigenvalue weighted by Gasteiger charge is 2.17. The van der Waals surface area contributed by atoms with Crippen LogP contribution >= 0.6 is 0 Å². The van der Waals surface area contributed by atoms with E-state index in [1.54, 1.807) is 0 Å². The minimum absolute atomic E-state index is 0.538. The Morgan fingerprint density at radius 2 is 1.58 bits per heavy atom. The van der Waals surface area contributed by atoms with Gasteiger partial charge in [-0.1, -0.05) is 98.3 Å². The average molecular weight is 343 g/mol. The van der Waals surface area contributed by atoms with Crippen molar-refractivity contribution in [3.8, 4) is 0 Å². The van der Waals surface area contributed by atoms with Crippen LogP contribution in [-0.4, -0.2) is 0 Å². The second-order valence-electron chi connectivity index (χ2n) is 7.16. The van der Waals surface area contributed by atoms with Crippen LogP contribution in [0.5, 0.6) is 0 Å². The molecule has 0 bridgehead atoms. The fourth-order valence-electron chi connectivity index (χ4n) is 3.66. The fourth-order valence-corrected chi connectivity index (χ4v) is 3.66. The highest BCUT2D eigenvalue weighted by atomic mass is 14.2. The minimum Gasteiger partial charge on any atom is -0.0879 e. The summed E-state index contributed by atoms with van der Waals surface area (Å²) in [5.74, 6) is 0.538. The van der Waals surface area contributed by atoms with Gasteiger partial charge in [-0.2, -0.15) is 0 Å². The molecule has 1 unspecified atom stereocenters. The van der Waals surface area contributed by atoms with Gasteiger partial charge in [0.2, 0.25) is 0 Å². The van der Waals surface area contributed by atoms with Crippen molar-refractivity contribution in [3.63, 3.8) is 0 Å². The van der Waals surface area contributed by atoms with E-state index >= 15 is 0 Å². The molecular formula is C26H30. The van der Waals surface area contributed by atoms with E-state index in [1.165, 1.54) is 54.4 Å². The number of rotatable bonds is 7. The third-order valence-electron chi connectivity index (χ3n) is 5.09. The molecule has 0 nitrogen and oxygen atoms in total. The smallest absolute Gasteiger partial charge is 0.00210 e. The minimum atomic E-state index is 0.538. The topological polar surface area (TPSA) is 0 Å².